The molecule has 6 heteroatoms. The lowest BCUT2D eigenvalue weighted by molar-refractivity contribution is -0.112. The van der Waals surface area contributed by atoms with Crippen LogP contribution in [0, 0.1) is 18.3 Å². The molecular formula is C21H22N4O2. The van der Waals surface area contributed by atoms with Crippen molar-refractivity contribution in [2.75, 3.05) is 36.4 Å². The largest absolute Gasteiger partial charge is 0.508 e. The van der Waals surface area contributed by atoms with Crippen LogP contribution in [-0.2, 0) is 4.79 Å². The van der Waals surface area contributed by atoms with Crippen LogP contribution in [0.5, 0.6) is 5.75 Å². The minimum atomic E-state index is -0.482. The average Bonchev–Trinajstić information content (AvgIpc) is 2.66. The van der Waals surface area contributed by atoms with E-state index in [2.05, 4.69) is 41.4 Å². The number of aryl methyl sites for hydroxylation is 1. The number of piperazine rings is 1. The number of phenolic OH excluding ortho intramolecular Hbond substituents is 1. The highest BCUT2D eigenvalue weighted by atomic mass is 16.3. The highest BCUT2D eigenvalue weighted by molar-refractivity contribution is 6.06. The number of carbonyl (C=O) groups is 1. The number of benzene rings is 2. The van der Waals surface area contributed by atoms with Crippen LogP contribution < -0.4 is 10.2 Å². The minimum Gasteiger partial charge on any atom is -0.508 e. The number of nitriles is 1. The minimum absolute atomic E-state index is 0.0438. The van der Waals surface area contributed by atoms with E-state index in [1.807, 2.05) is 11.0 Å². The van der Waals surface area contributed by atoms with Gasteiger partial charge in [-0.3, -0.25) is 4.79 Å². The second-order valence-corrected chi connectivity index (χ2v) is 6.52. The van der Waals surface area contributed by atoms with Crippen molar-refractivity contribution in [2.24, 2.45) is 0 Å². The molecule has 2 N–H and O–H groups in total. The Kier molecular flexibility index (Phi) is 5.62. The van der Waals surface area contributed by atoms with Crippen molar-refractivity contribution in [1.82, 2.24) is 4.90 Å². The van der Waals surface area contributed by atoms with Gasteiger partial charge in [-0.15, -0.1) is 0 Å². The molecule has 1 fully saturated rings. The molecule has 6 nitrogen and oxygen atoms in total. The fraction of sp³-hybridized carbons (Fsp3) is 0.238. The topological polar surface area (TPSA) is 79.6 Å². The molecule has 0 bridgehead atoms. The van der Waals surface area contributed by atoms with Gasteiger partial charge in [-0.2, -0.15) is 5.26 Å². The first-order valence-electron chi connectivity index (χ1n) is 8.83. The molecule has 0 unspecified atom stereocenters. The number of carbonyl (C=O) groups excluding carboxylic acids is 1. The predicted molar refractivity (Wildman–Crippen MR) is 105 cm³/mol. The van der Waals surface area contributed by atoms with Gasteiger partial charge in [0.2, 0.25) is 0 Å². The fourth-order valence-electron chi connectivity index (χ4n) is 3.04. The van der Waals surface area contributed by atoms with E-state index in [-0.39, 0.29) is 11.3 Å². The van der Waals surface area contributed by atoms with E-state index in [0.717, 1.165) is 26.2 Å². The van der Waals surface area contributed by atoms with Crippen molar-refractivity contribution in [3.8, 4) is 11.8 Å². The fourth-order valence-corrected chi connectivity index (χ4v) is 3.04. The summed E-state index contributed by atoms with van der Waals surface area (Å²) in [5.74, 6) is -0.424. The molecule has 1 saturated heterocycles. The molecule has 1 aliphatic rings. The lowest BCUT2D eigenvalue weighted by Crippen LogP contribution is -2.44. The van der Waals surface area contributed by atoms with Crippen molar-refractivity contribution < 1.29 is 9.90 Å². The number of nitrogens with one attached hydrogen (secondary N) is 1. The quantitative estimate of drug-likeness (QED) is 0.646. The van der Waals surface area contributed by atoms with Gasteiger partial charge in [0, 0.05) is 49.8 Å². The van der Waals surface area contributed by atoms with Crippen LogP contribution in [0.4, 0.5) is 11.4 Å². The molecule has 1 aliphatic heterocycles. The number of hydrogen-bond acceptors (Lipinski definition) is 5. The Morgan fingerprint density at radius 3 is 2.56 bits per heavy atom. The van der Waals surface area contributed by atoms with Gasteiger partial charge in [-0.25, -0.2) is 0 Å². The van der Waals surface area contributed by atoms with E-state index in [0.29, 0.717) is 5.69 Å². The SMILES string of the molecule is Cc1cccc(N2CCN(/C=C(/C#N)C(=O)Nc3cccc(O)c3)CC2)c1. The van der Waals surface area contributed by atoms with Gasteiger partial charge in [-0.1, -0.05) is 18.2 Å². The average molecular weight is 362 g/mol. The zero-order chi connectivity index (χ0) is 19.2. The summed E-state index contributed by atoms with van der Waals surface area (Å²) < 4.78 is 0. The zero-order valence-corrected chi connectivity index (χ0v) is 15.2. The number of nitrogens with zero attached hydrogens (tertiary/aromatic N) is 3. The highest BCUT2D eigenvalue weighted by Crippen LogP contribution is 2.19. The third kappa shape index (κ3) is 4.79. The van der Waals surface area contributed by atoms with Crippen molar-refractivity contribution >= 4 is 17.3 Å². The second kappa shape index (κ2) is 8.28. The summed E-state index contributed by atoms with van der Waals surface area (Å²) in [4.78, 5) is 16.6. The molecule has 2 aromatic rings. The molecule has 0 spiro atoms. The van der Waals surface area contributed by atoms with Crippen molar-refractivity contribution in [1.29, 1.82) is 5.26 Å². The zero-order valence-electron chi connectivity index (χ0n) is 15.2. The molecule has 0 aromatic heterocycles. The van der Waals surface area contributed by atoms with E-state index in [1.54, 1.807) is 18.3 Å². The van der Waals surface area contributed by atoms with Gasteiger partial charge in [0.25, 0.3) is 5.91 Å². The maximum atomic E-state index is 12.3. The molecule has 3 rings (SSSR count). The third-order valence-corrected chi connectivity index (χ3v) is 4.46. The molecule has 138 valence electrons. The van der Waals surface area contributed by atoms with E-state index in [1.165, 1.54) is 23.4 Å². The van der Waals surface area contributed by atoms with Gasteiger partial charge in [-0.05, 0) is 36.8 Å². The summed E-state index contributed by atoms with van der Waals surface area (Å²) in [6.07, 6.45) is 1.62. The van der Waals surface area contributed by atoms with E-state index >= 15 is 0 Å². The molecule has 27 heavy (non-hydrogen) atoms. The molecule has 1 amide bonds. The third-order valence-electron chi connectivity index (χ3n) is 4.46. The Morgan fingerprint density at radius 2 is 1.89 bits per heavy atom. The van der Waals surface area contributed by atoms with Crippen LogP contribution in [0.1, 0.15) is 5.56 Å². The first-order chi connectivity index (χ1) is 13.0. The Hall–Kier alpha value is -3.46. The highest BCUT2D eigenvalue weighted by Gasteiger charge is 2.18. The Bertz CT molecular complexity index is 893. The summed E-state index contributed by atoms with van der Waals surface area (Å²) >= 11 is 0. The van der Waals surface area contributed by atoms with Crippen LogP contribution in [0.3, 0.4) is 0 Å². The molecule has 0 radical (unpaired) electrons. The smallest absolute Gasteiger partial charge is 0.267 e. The monoisotopic (exact) mass is 362 g/mol. The van der Waals surface area contributed by atoms with E-state index < -0.39 is 5.91 Å². The summed E-state index contributed by atoms with van der Waals surface area (Å²) in [5.41, 5.74) is 2.92. The van der Waals surface area contributed by atoms with Crippen LogP contribution in [-0.4, -0.2) is 42.1 Å². The summed E-state index contributed by atoms with van der Waals surface area (Å²) in [5, 5.41) is 21.5. The van der Waals surface area contributed by atoms with E-state index in [9.17, 15) is 15.2 Å². The summed E-state index contributed by atoms with van der Waals surface area (Å²) in [7, 11) is 0. The van der Waals surface area contributed by atoms with Crippen LogP contribution >= 0.6 is 0 Å². The lowest BCUT2D eigenvalue weighted by Gasteiger charge is -2.35. The molecule has 0 atom stereocenters. The maximum absolute atomic E-state index is 12.3. The van der Waals surface area contributed by atoms with Crippen molar-refractivity contribution in [3.05, 3.63) is 65.9 Å². The lowest BCUT2D eigenvalue weighted by atomic mass is 10.2. The standard InChI is InChI=1S/C21H22N4O2/c1-16-4-2-6-19(12-16)25-10-8-24(9-11-25)15-17(14-22)21(27)23-18-5-3-7-20(26)13-18/h2-7,12-13,15,26H,8-11H2,1H3,(H,23,27)/b17-15-. The van der Waals surface area contributed by atoms with Crippen LogP contribution in [0.25, 0.3) is 0 Å². The molecule has 0 saturated carbocycles. The van der Waals surface area contributed by atoms with E-state index in [4.69, 9.17) is 0 Å². The van der Waals surface area contributed by atoms with Gasteiger partial charge in [0.05, 0.1) is 0 Å². The second-order valence-electron chi connectivity index (χ2n) is 6.52. The first-order valence-corrected chi connectivity index (χ1v) is 8.83. The van der Waals surface area contributed by atoms with Crippen LogP contribution in [0.15, 0.2) is 60.3 Å². The van der Waals surface area contributed by atoms with Gasteiger partial charge in [0.1, 0.15) is 17.4 Å². The van der Waals surface area contributed by atoms with Crippen molar-refractivity contribution in [3.63, 3.8) is 0 Å². The van der Waals surface area contributed by atoms with Gasteiger partial charge >= 0.3 is 0 Å². The number of rotatable bonds is 4. The maximum Gasteiger partial charge on any atom is 0.267 e. The van der Waals surface area contributed by atoms with Crippen molar-refractivity contribution in [2.45, 2.75) is 6.92 Å². The number of amides is 1. The number of hydrogen-bond donors (Lipinski definition) is 2. The predicted octanol–water partition coefficient (Wildman–Crippen LogP) is 2.87. The molecule has 0 aliphatic carbocycles. The number of anilines is 2. The Balaban J connectivity index is 1.61. The van der Waals surface area contributed by atoms with Crippen LogP contribution in [0.2, 0.25) is 0 Å². The number of aromatic hydroxyl groups is 1. The Labute approximate surface area is 158 Å². The van der Waals surface area contributed by atoms with Gasteiger partial charge in [0.15, 0.2) is 0 Å². The van der Waals surface area contributed by atoms with Gasteiger partial charge < -0.3 is 20.2 Å². The molecule has 2 aromatic carbocycles. The number of phenols is 1. The summed E-state index contributed by atoms with van der Waals surface area (Å²) in [6, 6.07) is 16.6. The normalized spacial score (nSPS) is 14.6. The summed E-state index contributed by atoms with van der Waals surface area (Å²) in [6.45, 7) is 5.20. The molecular weight excluding hydrogens is 340 g/mol. The Morgan fingerprint density at radius 1 is 1.15 bits per heavy atom. The first kappa shape index (κ1) is 18.3. The molecule has 1 heterocycles.